The average Bonchev–Trinajstić information content (AvgIpc) is 2.51. The van der Waals surface area contributed by atoms with Gasteiger partial charge >= 0.3 is 0 Å². The number of aliphatic hydroxyl groups is 1. The van der Waals surface area contributed by atoms with Crippen molar-refractivity contribution in [3.8, 4) is 0 Å². The highest BCUT2D eigenvalue weighted by Gasteiger charge is 2.13. The number of carbonyl (C=O) groups excluding carboxylic acids is 1. The summed E-state index contributed by atoms with van der Waals surface area (Å²) in [4.78, 5) is 12.0. The molecule has 0 aromatic heterocycles. The Morgan fingerprint density at radius 2 is 1.90 bits per heavy atom. The zero-order valence-electron chi connectivity index (χ0n) is 12.3. The summed E-state index contributed by atoms with van der Waals surface area (Å²) in [5, 5.41) is 12.3. The molecule has 0 spiro atoms. The van der Waals surface area contributed by atoms with Crippen molar-refractivity contribution in [1.29, 1.82) is 0 Å². The van der Waals surface area contributed by atoms with Crippen molar-refractivity contribution < 1.29 is 9.90 Å². The molecule has 110 valence electrons. The molecule has 3 nitrogen and oxygen atoms in total. The number of aliphatic hydroxyl groups excluding tert-OH is 1. The molecule has 0 aliphatic rings. The van der Waals surface area contributed by atoms with E-state index in [1.807, 2.05) is 55.5 Å². The highest BCUT2D eigenvalue weighted by atomic mass is 16.3. The van der Waals surface area contributed by atoms with Gasteiger partial charge in [0.05, 0.1) is 12.6 Å². The second-order valence-electron chi connectivity index (χ2n) is 5.20. The molecule has 0 bridgehead atoms. The third kappa shape index (κ3) is 4.72. The summed E-state index contributed by atoms with van der Waals surface area (Å²) < 4.78 is 0. The van der Waals surface area contributed by atoms with Crippen LogP contribution in [0.2, 0.25) is 0 Å². The minimum Gasteiger partial charge on any atom is -0.394 e. The Bertz CT molecular complexity index is 581. The van der Waals surface area contributed by atoms with E-state index in [2.05, 4.69) is 11.4 Å². The Kier molecular flexibility index (Phi) is 5.52. The van der Waals surface area contributed by atoms with Crippen LogP contribution in [0.1, 0.15) is 29.2 Å². The van der Waals surface area contributed by atoms with Crippen molar-refractivity contribution >= 4 is 5.91 Å². The van der Waals surface area contributed by atoms with Crippen LogP contribution in [0.25, 0.3) is 0 Å². The van der Waals surface area contributed by atoms with Crippen molar-refractivity contribution in [3.05, 3.63) is 71.3 Å². The number of aryl methyl sites for hydroxylation is 2. The monoisotopic (exact) mass is 283 g/mol. The van der Waals surface area contributed by atoms with Gasteiger partial charge in [0.15, 0.2) is 0 Å². The van der Waals surface area contributed by atoms with Crippen LogP contribution in [0.15, 0.2) is 54.6 Å². The van der Waals surface area contributed by atoms with Gasteiger partial charge in [0.1, 0.15) is 0 Å². The van der Waals surface area contributed by atoms with Crippen LogP contribution >= 0.6 is 0 Å². The molecule has 2 aromatic rings. The fourth-order valence-corrected chi connectivity index (χ4v) is 2.31. The Morgan fingerprint density at radius 3 is 2.57 bits per heavy atom. The Balaban J connectivity index is 1.89. The summed E-state index contributed by atoms with van der Waals surface area (Å²) in [5.41, 5.74) is 3.28. The first-order chi connectivity index (χ1) is 10.2. The first-order valence-electron chi connectivity index (χ1n) is 7.20. The Labute approximate surface area is 125 Å². The molecule has 0 saturated carbocycles. The molecule has 0 fully saturated rings. The van der Waals surface area contributed by atoms with Gasteiger partial charge < -0.3 is 10.4 Å². The minimum absolute atomic E-state index is 0.0422. The number of rotatable bonds is 6. The normalized spacial score (nSPS) is 11.9. The maximum atomic E-state index is 12.0. The second kappa shape index (κ2) is 7.60. The lowest BCUT2D eigenvalue weighted by molar-refractivity contribution is -0.122. The number of amides is 1. The molecule has 21 heavy (non-hydrogen) atoms. The molecule has 3 heteroatoms. The molecular weight excluding hydrogens is 262 g/mol. The molecule has 0 aliphatic heterocycles. The third-order valence-electron chi connectivity index (χ3n) is 3.44. The van der Waals surface area contributed by atoms with E-state index in [1.165, 1.54) is 5.56 Å². The molecule has 2 N–H and O–H groups in total. The van der Waals surface area contributed by atoms with Crippen molar-refractivity contribution in [2.24, 2.45) is 0 Å². The lowest BCUT2D eigenvalue weighted by Crippen LogP contribution is -2.30. The maximum Gasteiger partial charge on any atom is 0.220 e. The summed E-state index contributed by atoms with van der Waals surface area (Å²) in [5.74, 6) is -0.0422. The summed E-state index contributed by atoms with van der Waals surface area (Å²) in [7, 11) is 0. The van der Waals surface area contributed by atoms with Gasteiger partial charge in [-0.3, -0.25) is 4.79 Å². The molecule has 1 amide bonds. The van der Waals surface area contributed by atoms with Crippen molar-refractivity contribution in [1.82, 2.24) is 5.32 Å². The van der Waals surface area contributed by atoms with E-state index in [1.54, 1.807) is 0 Å². The highest BCUT2D eigenvalue weighted by molar-refractivity contribution is 5.76. The van der Waals surface area contributed by atoms with Gasteiger partial charge in [-0.2, -0.15) is 0 Å². The number of benzene rings is 2. The van der Waals surface area contributed by atoms with E-state index in [0.717, 1.165) is 11.1 Å². The third-order valence-corrected chi connectivity index (χ3v) is 3.44. The number of hydrogen-bond donors (Lipinski definition) is 2. The van der Waals surface area contributed by atoms with Crippen LogP contribution in [0.5, 0.6) is 0 Å². The lowest BCUT2D eigenvalue weighted by Gasteiger charge is -2.16. The molecule has 2 aromatic carbocycles. The zero-order chi connectivity index (χ0) is 15.1. The van der Waals surface area contributed by atoms with Crippen LogP contribution in [0.4, 0.5) is 0 Å². The summed E-state index contributed by atoms with van der Waals surface area (Å²) in [6.45, 7) is 1.95. The highest BCUT2D eigenvalue weighted by Crippen LogP contribution is 2.12. The predicted molar refractivity (Wildman–Crippen MR) is 83.9 cm³/mol. The van der Waals surface area contributed by atoms with Gasteiger partial charge in [-0.1, -0.05) is 60.2 Å². The molecule has 2 rings (SSSR count). The van der Waals surface area contributed by atoms with Crippen molar-refractivity contribution in [2.45, 2.75) is 25.8 Å². The number of carbonyl (C=O) groups is 1. The molecular formula is C18H21NO2. The van der Waals surface area contributed by atoms with Gasteiger partial charge in [0.2, 0.25) is 5.91 Å². The molecule has 0 heterocycles. The average molecular weight is 283 g/mol. The van der Waals surface area contributed by atoms with Crippen LogP contribution in [-0.2, 0) is 11.2 Å². The molecule has 1 atom stereocenters. The molecule has 0 aliphatic carbocycles. The number of hydrogen-bond acceptors (Lipinski definition) is 2. The van der Waals surface area contributed by atoms with Gasteiger partial charge in [0, 0.05) is 6.42 Å². The Hall–Kier alpha value is -2.13. The summed E-state index contributed by atoms with van der Waals surface area (Å²) in [6, 6.07) is 17.4. The largest absolute Gasteiger partial charge is 0.394 e. The van der Waals surface area contributed by atoms with E-state index in [0.29, 0.717) is 12.8 Å². The van der Waals surface area contributed by atoms with Crippen LogP contribution < -0.4 is 5.32 Å². The predicted octanol–water partition coefficient (Wildman–Crippen LogP) is 2.78. The standard InChI is InChI=1S/C18H21NO2/c1-14-6-5-7-15(12-14)10-11-18(21)19-17(13-20)16-8-3-2-4-9-16/h2-9,12,17,20H,10-11,13H2,1H3,(H,19,21). The molecule has 1 unspecified atom stereocenters. The Morgan fingerprint density at radius 1 is 1.14 bits per heavy atom. The van der Waals surface area contributed by atoms with Gasteiger partial charge in [-0.15, -0.1) is 0 Å². The van der Waals surface area contributed by atoms with Crippen molar-refractivity contribution in [3.63, 3.8) is 0 Å². The SMILES string of the molecule is Cc1cccc(CCC(=O)NC(CO)c2ccccc2)c1. The van der Waals surface area contributed by atoms with E-state index in [4.69, 9.17) is 0 Å². The first-order valence-corrected chi connectivity index (χ1v) is 7.20. The maximum absolute atomic E-state index is 12.0. The topological polar surface area (TPSA) is 49.3 Å². The van der Waals surface area contributed by atoms with E-state index in [9.17, 15) is 9.90 Å². The lowest BCUT2D eigenvalue weighted by atomic mass is 10.1. The van der Waals surface area contributed by atoms with Crippen LogP contribution in [-0.4, -0.2) is 17.6 Å². The van der Waals surface area contributed by atoms with Crippen molar-refractivity contribution in [2.75, 3.05) is 6.61 Å². The second-order valence-corrected chi connectivity index (χ2v) is 5.20. The fourth-order valence-electron chi connectivity index (χ4n) is 2.31. The first kappa shape index (κ1) is 15.3. The van der Waals surface area contributed by atoms with Gasteiger partial charge in [-0.05, 0) is 24.5 Å². The fraction of sp³-hybridized carbons (Fsp3) is 0.278. The number of nitrogens with one attached hydrogen (secondary N) is 1. The summed E-state index contributed by atoms with van der Waals surface area (Å²) in [6.07, 6.45) is 1.13. The smallest absolute Gasteiger partial charge is 0.220 e. The van der Waals surface area contributed by atoms with Crippen LogP contribution in [0.3, 0.4) is 0 Å². The van der Waals surface area contributed by atoms with E-state index in [-0.39, 0.29) is 18.6 Å². The van der Waals surface area contributed by atoms with Gasteiger partial charge in [-0.25, -0.2) is 0 Å². The van der Waals surface area contributed by atoms with Gasteiger partial charge in [0.25, 0.3) is 0 Å². The molecule has 0 radical (unpaired) electrons. The zero-order valence-corrected chi connectivity index (χ0v) is 12.3. The van der Waals surface area contributed by atoms with E-state index >= 15 is 0 Å². The van der Waals surface area contributed by atoms with E-state index < -0.39 is 0 Å². The van der Waals surface area contributed by atoms with Crippen LogP contribution in [0, 0.1) is 6.92 Å². The minimum atomic E-state index is -0.337. The molecule has 0 saturated heterocycles. The summed E-state index contributed by atoms with van der Waals surface area (Å²) >= 11 is 0. The quantitative estimate of drug-likeness (QED) is 0.856.